The summed E-state index contributed by atoms with van der Waals surface area (Å²) in [7, 11) is 0. The van der Waals surface area contributed by atoms with Crippen molar-refractivity contribution in [2.24, 2.45) is 0 Å². The molecule has 1 aliphatic carbocycles. The van der Waals surface area contributed by atoms with Crippen LogP contribution in [0, 0.1) is 0 Å². The highest BCUT2D eigenvalue weighted by atomic mass is 16.3. The molecule has 0 bridgehead atoms. The van der Waals surface area contributed by atoms with Gasteiger partial charge in [-0.3, -0.25) is 5.10 Å². The van der Waals surface area contributed by atoms with Crippen molar-refractivity contribution >= 4 is 0 Å². The molecule has 0 aromatic carbocycles. The Balaban J connectivity index is 2.27. The average Bonchev–Trinajstić information content (AvgIpc) is 2.85. The maximum absolute atomic E-state index is 9.32. The smallest absolute Gasteiger partial charge is 0.0718 e. The van der Waals surface area contributed by atoms with Crippen LogP contribution in [0.5, 0.6) is 0 Å². The van der Waals surface area contributed by atoms with Crippen molar-refractivity contribution in [3.8, 4) is 0 Å². The van der Waals surface area contributed by atoms with E-state index in [1.807, 2.05) is 0 Å². The van der Waals surface area contributed by atoms with Crippen LogP contribution in [0.15, 0.2) is 0 Å². The molecule has 78 valence electrons. The van der Waals surface area contributed by atoms with Gasteiger partial charge in [-0.2, -0.15) is 5.10 Å². The van der Waals surface area contributed by atoms with Gasteiger partial charge in [0.05, 0.1) is 12.3 Å². The molecule has 3 heteroatoms. The molecule has 1 heterocycles. The third-order valence-electron chi connectivity index (χ3n) is 3.24. The zero-order chi connectivity index (χ0) is 9.97. The number of aliphatic hydroxyl groups is 1. The van der Waals surface area contributed by atoms with Crippen LogP contribution in [0.4, 0.5) is 0 Å². The fourth-order valence-corrected chi connectivity index (χ4v) is 2.42. The molecule has 1 saturated carbocycles. The van der Waals surface area contributed by atoms with Gasteiger partial charge >= 0.3 is 0 Å². The minimum atomic E-state index is 0.130. The summed E-state index contributed by atoms with van der Waals surface area (Å²) in [5, 5.41) is 16.7. The van der Waals surface area contributed by atoms with E-state index in [4.69, 9.17) is 0 Å². The number of aryl methyl sites for hydroxylation is 1. The molecule has 0 saturated heterocycles. The first kappa shape index (κ1) is 9.71. The van der Waals surface area contributed by atoms with E-state index in [0.717, 1.165) is 23.4 Å². The number of aromatic amines is 1. The molecule has 0 radical (unpaired) electrons. The van der Waals surface area contributed by atoms with Crippen LogP contribution in [-0.4, -0.2) is 15.3 Å². The quantitative estimate of drug-likeness (QED) is 0.774. The predicted molar refractivity (Wildman–Crippen MR) is 55.1 cm³/mol. The zero-order valence-corrected chi connectivity index (χ0v) is 8.71. The first-order valence-electron chi connectivity index (χ1n) is 5.53. The topological polar surface area (TPSA) is 48.9 Å². The van der Waals surface area contributed by atoms with Gasteiger partial charge in [0.25, 0.3) is 0 Å². The Morgan fingerprint density at radius 1 is 1.43 bits per heavy atom. The average molecular weight is 194 g/mol. The molecule has 14 heavy (non-hydrogen) atoms. The number of hydrogen-bond donors (Lipinski definition) is 2. The van der Waals surface area contributed by atoms with E-state index in [0.29, 0.717) is 5.92 Å². The Bertz CT molecular complexity index is 300. The normalized spacial score (nSPS) is 17.9. The number of nitrogens with zero attached hydrogens (tertiary/aromatic N) is 1. The summed E-state index contributed by atoms with van der Waals surface area (Å²) in [4.78, 5) is 0. The Morgan fingerprint density at radius 2 is 2.14 bits per heavy atom. The number of aliphatic hydroxyl groups excluding tert-OH is 1. The standard InChI is InChI=1S/C11H18N2O/c1-2-10-9(7-14)11(13-12-10)8-5-3-4-6-8/h8,14H,2-7H2,1H3,(H,12,13). The van der Waals surface area contributed by atoms with Gasteiger partial charge in [-0.05, 0) is 19.3 Å². The Labute approximate surface area is 84.5 Å². The zero-order valence-electron chi connectivity index (χ0n) is 8.71. The maximum Gasteiger partial charge on any atom is 0.0718 e. The van der Waals surface area contributed by atoms with Crippen LogP contribution >= 0.6 is 0 Å². The molecular weight excluding hydrogens is 176 g/mol. The Morgan fingerprint density at radius 3 is 2.71 bits per heavy atom. The largest absolute Gasteiger partial charge is 0.392 e. The maximum atomic E-state index is 9.32. The van der Waals surface area contributed by atoms with E-state index >= 15 is 0 Å². The Hall–Kier alpha value is -0.830. The van der Waals surface area contributed by atoms with E-state index in [9.17, 15) is 5.11 Å². The van der Waals surface area contributed by atoms with Crippen molar-refractivity contribution in [1.29, 1.82) is 0 Å². The van der Waals surface area contributed by atoms with Gasteiger partial charge in [-0.15, -0.1) is 0 Å². The van der Waals surface area contributed by atoms with Crippen molar-refractivity contribution < 1.29 is 5.11 Å². The first-order valence-corrected chi connectivity index (χ1v) is 5.53. The second-order valence-corrected chi connectivity index (χ2v) is 4.06. The molecule has 1 aromatic rings. The van der Waals surface area contributed by atoms with E-state index in [2.05, 4.69) is 17.1 Å². The van der Waals surface area contributed by atoms with Crippen LogP contribution in [0.1, 0.15) is 55.5 Å². The van der Waals surface area contributed by atoms with Crippen LogP contribution in [0.2, 0.25) is 0 Å². The molecular formula is C11H18N2O. The van der Waals surface area contributed by atoms with Crippen molar-refractivity contribution in [2.45, 2.75) is 51.6 Å². The second kappa shape index (κ2) is 4.13. The van der Waals surface area contributed by atoms with Gasteiger partial charge in [0, 0.05) is 17.2 Å². The third kappa shape index (κ3) is 1.57. The summed E-state index contributed by atoms with van der Waals surface area (Å²) in [6.07, 6.45) is 6.02. The molecule has 0 aliphatic heterocycles. The highest BCUT2D eigenvalue weighted by Crippen LogP contribution is 2.35. The molecule has 0 atom stereocenters. The van der Waals surface area contributed by atoms with Crippen molar-refractivity contribution in [3.05, 3.63) is 17.0 Å². The summed E-state index contributed by atoms with van der Waals surface area (Å²) in [6.45, 7) is 2.22. The van der Waals surface area contributed by atoms with Gasteiger partial charge in [0.15, 0.2) is 0 Å². The minimum Gasteiger partial charge on any atom is -0.392 e. The van der Waals surface area contributed by atoms with Crippen molar-refractivity contribution in [1.82, 2.24) is 10.2 Å². The molecule has 2 N–H and O–H groups in total. The van der Waals surface area contributed by atoms with Crippen LogP contribution in [-0.2, 0) is 13.0 Å². The summed E-state index contributed by atoms with van der Waals surface area (Å²) < 4.78 is 0. The van der Waals surface area contributed by atoms with Gasteiger partial charge in [-0.1, -0.05) is 19.8 Å². The molecule has 3 nitrogen and oxygen atoms in total. The lowest BCUT2D eigenvalue weighted by molar-refractivity contribution is 0.278. The summed E-state index contributed by atoms with van der Waals surface area (Å²) in [5.74, 6) is 0.591. The van der Waals surface area contributed by atoms with E-state index in [1.165, 1.54) is 25.7 Å². The molecule has 1 fully saturated rings. The summed E-state index contributed by atoms with van der Waals surface area (Å²) in [5.41, 5.74) is 3.29. The number of nitrogens with one attached hydrogen (secondary N) is 1. The van der Waals surface area contributed by atoms with Gasteiger partial charge in [-0.25, -0.2) is 0 Å². The van der Waals surface area contributed by atoms with Crippen molar-refractivity contribution in [3.63, 3.8) is 0 Å². The molecule has 1 aliphatic rings. The van der Waals surface area contributed by atoms with Crippen LogP contribution in [0.25, 0.3) is 0 Å². The number of H-pyrrole nitrogens is 1. The van der Waals surface area contributed by atoms with Gasteiger partial charge < -0.3 is 5.11 Å². The highest BCUT2D eigenvalue weighted by Gasteiger charge is 2.23. The van der Waals surface area contributed by atoms with E-state index in [1.54, 1.807) is 0 Å². The van der Waals surface area contributed by atoms with E-state index in [-0.39, 0.29) is 6.61 Å². The minimum absolute atomic E-state index is 0.130. The SMILES string of the molecule is CCc1[nH]nc(C2CCCC2)c1CO. The van der Waals surface area contributed by atoms with Gasteiger partial charge in [0.2, 0.25) is 0 Å². The molecule has 0 unspecified atom stereocenters. The van der Waals surface area contributed by atoms with Gasteiger partial charge in [0.1, 0.15) is 0 Å². The van der Waals surface area contributed by atoms with Crippen LogP contribution < -0.4 is 0 Å². The lowest BCUT2D eigenvalue weighted by atomic mass is 9.99. The number of aromatic nitrogens is 2. The molecule has 0 spiro atoms. The monoisotopic (exact) mass is 194 g/mol. The lowest BCUT2D eigenvalue weighted by Crippen LogP contribution is -1.99. The number of rotatable bonds is 3. The molecule has 2 rings (SSSR count). The highest BCUT2D eigenvalue weighted by molar-refractivity contribution is 5.28. The predicted octanol–water partition coefficient (Wildman–Crippen LogP) is 2.12. The fourth-order valence-electron chi connectivity index (χ4n) is 2.42. The first-order chi connectivity index (χ1) is 6.86. The number of hydrogen-bond acceptors (Lipinski definition) is 2. The van der Waals surface area contributed by atoms with Crippen molar-refractivity contribution in [2.75, 3.05) is 0 Å². The lowest BCUT2D eigenvalue weighted by Gasteiger charge is -2.07. The Kier molecular flexibility index (Phi) is 2.87. The second-order valence-electron chi connectivity index (χ2n) is 4.06. The molecule has 1 aromatic heterocycles. The van der Waals surface area contributed by atoms with E-state index < -0.39 is 0 Å². The molecule has 0 amide bonds. The van der Waals surface area contributed by atoms with Crippen LogP contribution in [0.3, 0.4) is 0 Å². The fraction of sp³-hybridized carbons (Fsp3) is 0.727. The summed E-state index contributed by atoms with van der Waals surface area (Å²) in [6, 6.07) is 0. The third-order valence-corrected chi connectivity index (χ3v) is 3.24. The summed E-state index contributed by atoms with van der Waals surface area (Å²) >= 11 is 0.